The van der Waals surface area contributed by atoms with Crippen LogP contribution in [0.25, 0.3) is 10.2 Å². The Kier molecular flexibility index (Phi) is 4.20. The van der Waals surface area contributed by atoms with E-state index < -0.39 is 5.97 Å². The number of carboxylic acid groups (broad SMARTS) is 1. The molecule has 1 aliphatic heterocycles. The van der Waals surface area contributed by atoms with Gasteiger partial charge in [-0.25, -0.2) is 4.98 Å². The Morgan fingerprint density at radius 2 is 2.00 bits per heavy atom. The number of nitrogens with one attached hydrogen (secondary N) is 1. The fraction of sp³-hybridized carbons (Fsp3) is 0.250. The number of anilines is 1. The summed E-state index contributed by atoms with van der Waals surface area (Å²) in [6.07, 6.45) is 0.641. The molecule has 0 bridgehead atoms. The van der Waals surface area contributed by atoms with Crippen molar-refractivity contribution in [3.63, 3.8) is 0 Å². The zero-order valence-electron chi connectivity index (χ0n) is 14.9. The van der Waals surface area contributed by atoms with Crippen LogP contribution < -0.4 is 10.4 Å². The van der Waals surface area contributed by atoms with Crippen LogP contribution in [0.5, 0.6) is 0 Å². The third-order valence-electron chi connectivity index (χ3n) is 4.52. The van der Waals surface area contributed by atoms with Gasteiger partial charge in [0.25, 0.3) is 5.91 Å². The number of carbonyl (C=O) groups is 2. The summed E-state index contributed by atoms with van der Waals surface area (Å²) < 4.78 is 5.83. The number of thiophene rings is 1. The van der Waals surface area contributed by atoms with Crippen LogP contribution >= 0.6 is 11.3 Å². The molecule has 138 valence electrons. The van der Waals surface area contributed by atoms with Gasteiger partial charge in [0.1, 0.15) is 4.83 Å². The first-order chi connectivity index (χ1) is 12.8. The van der Waals surface area contributed by atoms with Crippen molar-refractivity contribution in [1.82, 2.24) is 4.98 Å². The maximum absolute atomic E-state index is 12.5. The Balaban J connectivity index is 1.80. The molecule has 1 amide bonds. The highest BCUT2D eigenvalue weighted by Crippen LogP contribution is 2.38. The summed E-state index contributed by atoms with van der Waals surface area (Å²) >= 11 is 1.01. The molecule has 0 spiro atoms. The first kappa shape index (κ1) is 17.6. The Bertz CT molecular complexity index is 1060. The third-order valence-corrected chi connectivity index (χ3v) is 5.60. The third kappa shape index (κ3) is 3.31. The number of aromatic carboxylic acids is 1. The number of benzene rings is 1. The van der Waals surface area contributed by atoms with Gasteiger partial charge in [0, 0.05) is 22.9 Å². The van der Waals surface area contributed by atoms with Crippen LogP contribution in [0.1, 0.15) is 45.1 Å². The van der Waals surface area contributed by atoms with E-state index >= 15 is 0 Å². The lowest BCUT2D eigenvalue weighted by atomic mass is 9.95. The second-order valence-corrected chi connectivity index (χ2v) is 8.08. The second-order valence-electron chi connectivity index (χ2n) is 7.09. The fourth-order valence-corrected chi connectivity index (χ4v) is 4.12. The number of rotatable bonds is 3. The normalized spacial score (nSPS) is 15.3. The molecule has 1 aromatic carbocycles. The average molecular weight is 381 g/mol. The van der Waals surface area contributed by atoms with E-state index in [1.165, 1.54) is 0 Å². The van der Waals surface area contributed by atoms with Crippen LogP contribution in [0.3, 0.4) is 0 Å². The van der Waals surface area contributed by atoms with E-state index in [4.69, 9.17) is 4.74 Å². The molecule has 4 rings (SSSR count). The van der Waals surface area contributed by atoms with Crippen molar-refractivity contribution in [3.05, 3.63) is 58.1 Å². The van der Waals surface area contributed by atoms with Gasteiger partial charge in [0.2, 0.25) is 0 Å². The number of hydrogen-bond donors (Lipinski definition) is 1. The van der Waals surface area contributed by atoms with Crippen molar-refractivity contribution in [1.29, 1.82) is 0 Å². The summed E-state index contributed by atoms with van der Waals surface area (Å²) in [5.41, 5.74) is 2.15. The first-order valence-electron chi connectivity index (χ1n) is 8.51. The number of amides is 1. The van der Waals surface area contributed by atoms with Gasteiger partial charge in [-0.2, -0.15) is 0 Å². The highest BCUT2D eigenvalue weighted by molar-refractivity contribution is 7.21. The highest BCUT2D eigenvalue weighted by atomic mass is 32.1. The van der Waals surface area contributed by atoms with Gasteiger partial charge in [-0.3, -0.25) is 4.79 Å². The van der Waals surface area contributed by atoms with E-state index in [-0.39, 0.29) is 22.1 Å². The summed E-state index contributed by atoms with van der Waals surface area (Å²) in [5, 5.41) is 14.9. The minimum Gasteiger partial charge on any atom is -0.544 e. The molecule has 0 atom stereocenters. The molecule has 3 heterocycles. The molecular weight excluding hydrogens is 364 g/mol. The van der Waals surface area contributed by atoms with Crippen LogP contribution in [0, 0.1) is 0 Å². The molecule has 0 unspecified atom stereocenters. The molecular formula is C20H17N2O4S-. The number of fused-ring (bicyclic) bond motifs is 2. The average Bonchev–Trinajstić information content (AvgIpc) is 2.97. The van der Waals surface area contributed by atoms with Crippen LogP contribution in [0.4, 0.5) is 5.69 Å². The predicted octanol–water partition coefficient (Wildman–Crippen LogP) is 2.76. The number of pyridine rings is 1. The maximum atomic E-state index is 12.5. The van der Waals surface area contributed by atoms with Crippen molar-refractivity contribution in [3.8, 4) is 0 Å². The number of carboxylic acids is 1. The van der Waals surface area contributed by atoms with E-state index in [1.807, 2.05) is 19.9 Å². The van der Waals surface area contributed by atoms with E-state index in [9.17, 15) is 14.7 Å². The molecule has 7 heteroatoms. The monoisotopic (exact) mass is 381 g/mol. The van der Waals surface area contributed by atoms with E-state index in [1.54, 1.807) is 30.3 Å². The zero-order chi connectivity index (χ0) is 19.2. The van der Waals surface area contributed by atoms with Gasteiger partial charge >= 0.3 is 0 Å². The standard InChI is InChI=1S/C20H18N2O4S/c1-20(2)9-14-12(10-26-20)8-13-15(16(19(24)25)27-18(13)21-14)22-17(23)11-6-4-3-5-7-11/h3-8H,9-10H2,1-2H3,(H,22,23)(H,24,25)/p-1. The Hall–Kier alpha value is -2.77. The van der Waals surface area contributed by atoms with Crippen molar-refractivity contribution in [2.75, 3.05) is 5.32 Å². The van der Waals surface area contributed by atoms with Crippen LogP contribution in [-0.2, 0) is 17.8 Å². The maximum Gasteiger partial charge on any atom is 0.255 e. The van der Waals surface area contributed by atoms with Gasteiger partial charge in [0.15, 0.2) is 0 Å². The second kappa shape index (κ2) is 6.44. The quantitative estimate of drug-likeness (QED) is 0.753. The molecule has 0 saturated heterocycles. The Morgan fingerprint density at radius 3 is 2.70 bits per heavy atom. The summed E-state index contributed by atoms with van der Waals surface area (Å²) in [5.74, 6) is -1.72. The van der Waals surface area contributed by atoms with Gasteiger partial charge in [-0.05, 0) is 32.0 Å². The number of ether oxygens (including phenoxy) is 1. The Morgan fingerprint density at radius 1 is 1.26 bits per heavy atom. The van der Waals surface area contributed by atoms with Crippen molar-refractivity contribution in [2.45, 2.75) is 32.5 Å². The fourth-order valence-electron chi connectivity index (χ4n) is 3.15. The largest absolute Gasteiger partial charge is 0.544 e. The number of aromatic nitrogens is 1. The van der Waals surface area contributed by atoms with E-state index in [0.29, 0.717) is 28.8 Å². The number of carbonyl (C=O) groups excluding carboxylic acids is 2. The molecule has 2 aromatic heterocycles. The van der Waals surface area contributed by atoms with Crippen LogP contribution in [0.2, 0.25) is 0 Å². The molecule has 1 aliphatic rings. The van der Waals surface area contributed by atoms with Crippen molar-refractivity contribution >= 4 is 39.1 Å². The zero-order valence-corrected chi connectivity index (χ0v) is 15.7. The van der Waals surface area contributed by atoms with E-state index in [0.717, 1.165) is 22.6 Å². The summed E-state index contributed by atoms with van der Waals surface area (Å²) in [7, 11) is 0. The lowest BCUT2D eigenvalue weighted by Gasteiger charge is -2.31. The minimum absolute atomic E-state index is 0.0377. The van der Waals surface area contributed by atoms with Gasteiger partial charge < -0.3 is 20.0 Å². The summed E-state index contributed by atoms with van der Waals surface area (Å²) in [6.45, 7) is 4.39. The molecule has 0 radical (unpaired) electrons. The molecule has 27 heavy (non-hydrogen) atoms. The van der Waals surface area contributed by atoms with E-state index in [2.05, 4.69) is 10.3 Å². The predicted molar refractivity (Wildman–Crippen MR) is 101 cm³/mol. The number of hydrogen-bond acceptors (Lipinski definition) is 6. The van der Waals surface area contributed by atoms with Crippen LogP contribution in [-0.4, -0.2) is 22.5 Å². The Labute approximate surface area is 159 Å². The molecule has 0 saturated carbocycles. The summed E-state index contributed by atoms with van der Waals surface area (Å²) in [4.78, 5) is 29.3. The molecule has 0 fully saturated rings. The molecule has 1 N–H and O–H groups in total. The lowest BCUT2D eigenvalue weighted by molar-refractivity contribution is -0.254. The van der Waals surface area contributed by atoms with Crippen LogP contribution in [0.15, 0.2) is 36.4 Å². The van der Waals surface area contributed by atoms with Gasteiger partial charge in [-0.15, -0.1) is 11.3 Å². The van der Waals surface area contributed by atoms with Crippen molar-refractivity contribution < 1.29 is 19.4 Å². The summed E-state index contributed by atoms with van der Waals surface area (Å²) in [6, 6.07) is 10.5. The molecule has 0 aliphatic carbocycles. The lowest BCUT2D eigenvalue weighted by Crippen LogP contribution is -2.32. The molecule has 3 aromatic rings. The number of nitrogens with zero attached hydrogens (tertiary/aromatic N) is 1. The van der Waals surface area contributed by atoms with Gasteiger partial charge in [-0.1, -0.05) is 18.2 Å². The topological polar surface area (TPSA) is 91.4 Å². The minimum atomic E-state index is -1.34. The molecule has 6 nitrogen and oxygen atoms in total. The highest BCUT2D eigenvalue weighted by Gasteiger charge is 2.28. The smallest absolute Gasteiger partial charge is 0.255 e. The SMILES string of the molecule is CC1(C)Cc2nc3sc(C(=O)[O-])c(NC(=O)c4ccccc4)c3cc2CO1. The first-order valence-corrected chi connectivity index (χ1v) is 9.33. The van der Waals surface area contributed by atoms with Gasteiger partial charge in [0.05, 0.1) is 34.4 Å². The van der Waals surface area contributed by atoms with Crippen molar-refractivity contribution in [2.24, 2.45) is 0 Å².